The number of rotatable bonds is 5. The largest absolute Gasteiger partial charge is 0.138 e. The number of alkyl halides is 5. The first-order valence-corrected chi connectivity index (χ1v) is 6.40. The Hall–Kier alpha value is 1.77. The molecule has 0 aliphatic heterocycles. The van der Waals surface area contributed by atoms with Crippen LogP contribution in [0.3, 0.4) is 0 Å². The van der Waals surface area contributed by atoms with Gasteiger partial charge in [0.15, 0.2) is 0 Å². The Kier molecular flexibility index (Phi) is 8.07. The van der Waals surface area contributed by atoms with E-state index in [1.165, 1.54) is 6.08 Å². The van der Waals surface area contributed by atoms with Crippen molar-refractivity contribution in [1.82, 2.24) is 0 Å². The molecule has 0 amide bonds. The Balaban J connectivity index is 4.06. The first-order valence-electron chi connectivity index (χ1n) is 3.58. The SMILES string of the molecule is ClC(Cl)=CC(Cl)(Cl)CCC(Cl)C(Cl)Cl. The monoisotopic (exact) mass is 336 g/mol. The van der Waals surface area contributed by atoms with Gasteiger partial charge in [0.1, 0.15) is 13.7 Å². The second kappa shape index (κ2) is 7.17. The summed E-state index contributed by atoms with van der Waals surface area (Å²) < 4.78 is -1.14. The van der Waals surface area contributed by atoms with Crippen LogP contribution in [0.25, 0.3) is 0 Å². The van der Waals surface area contributed by atoms with E-state index in [2.05, 4.69) is 0 Å². The van der Waals surface area contributed by atoms with Gasteiger partial charge in [0.25, 0.3) is 0 Å². The molecule has 1 atom stereocenters. The number of halogens is 7. The molecule has 0 saturated carbocycles. The Labute approximate surface area is 118 Å². The fourth-order valence-corrected chi connectivity index (χ4v) is 2.08. The number of hydrogen-bond acceptors (Lipinski definition) is 0. The minimum atomic E-state index is -1.14. The smallest absolute Gasteiger partial charge is 0.120 e. The van der Waals surface area contributed by atoms with Crippen LogP contribution in [0.5, 0.6) is 0 Å². The standard InChI is InChI=1S/C7H7Cl7/c8-4(6(11)12)1-2-7(13,14)3-5(9)10/h3-4,6H,1-2H2. The van der Waals surface area contributed by atoms with Gasteiger partial charge in [0, 0.05) is 0 Å². The highest BCUT2D eigenvalue weighted by atomic mass is 35.5. The van der Waals surface area contributed by atoms with E-state index in [1.54, 1.807) is 0 Å². The Bertz CT molecular complexity index is 194. The molecule has 0 rings (SSSR count). The molecule has 0 aromatic carbocycles. The molecule has 0 bridgehead atoms. The van der Waals surface area contributed by atoms with Gasteiger partial charge in [-0.25, -0.2) is 0 Å². The van der Waals surface area contributed by atoms with Gasteiger partial charge in [-0.05, 0) is 18.9 Å². The second-order valence-corrected chi connectivity index (χ2v) is 6.86. The molecule has 84 valence electrons. The van der Waals surface area contributed by atoms with E-state index in [4.69, 9.17) is 81.2 Å². The molecule has 0 radical (unpaired) electrons. The lowest BCUT2D eigenvalue weighted by atomic mass is 10.2. The minimum Gasteiger partial charge on any atom is -0.120 e. The van der Waals surface area contributed by atoms with E-state index in [-0.39, 0.29) is 4.49 Å². The predicted molar refractivity (Wildman–Crippen MR) is 68.6 cm³/mol. The summed E-state index contributed by atoms with van der Waals surface area (Å²) in [4.78, 5) is -0.656. The van der Waals surface area contributed by atoms with Gasteiger partial charge in [-0.15, -0.1) is 34.8 Å². The molecular weight excluding hydrogens is 332 g/mol. The molecular formula is C7H7Cl7. The predicted octanol–water partition coefficient (Wildman–Crippen LogP) is 5.67. The molecule has 0 nitrogen and oxygen atoms in total. The third-order valence-electron chi connectivity index (χ3n) is 1.35. The summed E-state index contributed by atoms with van der Waals surface area (Å²) in [5.74, 6) is 0. The summed E-state index contributed by atoms with van der Waals surface area (Å²) in [5, 5.41) is -0.405. The highest BCUT2D eigenvalue weighted by Crippen LogP contribution is 2.34. The van der Waals surface area contributed by atoms with Crippen molar-refractivity contribution in [2.24, 2.45) is 0 Å². The summed E-state index contributed by atoms with van der Waals surface area (Å²) in [6.45, 7) is 0. The highest BCUT2D eigenvalue weighted by molar-refractivity contribution is 6.58. The maximum atomic E-state index is 5.86. The van der Waals surface area contributed by atoms with Crippen molar-refractivity contribution < 1.29 is 0 Å². The zero-order valence-electron chi connectivity index (χ0n) is 6.79. The molecule has 0 heterocycles. The van der Waals surface area contributed by atoms with Crippen molar-refractivity contribution in [2.45, 2.75) is 27.4 Å². The van der Waals surface area contributed by atoms with Crippen LogP contribution in [0.15, 0.2) is 10.6 Å². The number of allylic oxidation sites excluding steroid dienone is 1. The van der Waals surface area contributed by atoms with Crippen molar-refractivity contribution in [3.05, 3.63) is 10.6 Å². The maximum absolute atomic E-state index is 5.86. The van der Waals surface area contributed by atoms with Crippen LogP contribution in [0.1, 0.15) is 12.8 Å². The molecule has 0 fully saturated rings. The lowest BCUT2D eigenvalue weighted by Gasteiger charge is -2.17. The average molecular weight is 339 g/mol. The third kappa shape index (κ3) is 7.98. The average Bonchev–Trinajstić information content (AvgIpc) is 1.97. The fourth-order valence-electron chi connectivity index (χ4n) is 0.688. The van der Waals surface area contributed by atoms with Gasteiger partial charge in [-0.3, -0.25) is 0 Å². The summed E-state index contributed by atoms with van der Waals surface area (Å²) in [5.41, 5.74) is 0. The molecule has 0 aliphatic rings. The lowest BCUT2D eigenvalue weighted by Crippen LogP contribution is -2.15. The maximum Gasteiger partial charge on any atom is 0.138 e. The molecule has 0 aliphatic carbocycles. The van der Waals surface area contributed by atoms with Crippen molar-refractivity contribution in [3.8, 4) is 0 Å². The molecule has 0 saturated heterocycles. The van der Waals surface area contributed by atoms with Crippen LogP contribution >= 0.6 is 81.2 Å². The third-order valence-corrected chi connectivity index (χ3v) is 3.50. The quantitative estimate of drug-likeness (QED) is 0.566. The van der Waals surface area contributed by atoms with Gasteiger partial charge in [0.2, 0.25) is 0 Å². The van der Waals surface area contributed by atoms with Crippen LogP contribution in [0.4, 0.5) is 0 Å². The van der Waals surface area contributed by atoms with Gasteiger partial charge >= 0.3 is 0 Å². The second-order valence-electron chi connectivity index (χ2n) is 2.58. The normalized spacial score (nSPS) is 14.3. The van der Waals surface area contributed by atoms with Crippen LogP contribution < -0.4 is 0 Å². The molecule has 7 heteroatoms. The number of hydrogen-bond donors (Lipinski definition) is 0. The van der Waals surface area contributed by atoms with E-state index in [1.807, 2.05) is 0 Å². The first kappa shape index (κ1) is 15.8. The van der Waals surface area contributed by atoms with Crippen molar-refractivity contribution in [2.75, 3.05) is 0 Å². The van der Waals surface area contributed by atoms with Crippen LogP contribution in [0, 0.1) is 0 Å². The highest BCUT2D eigenvalue weighted by Gasteiger charge is 2.24. The van der Waals surface area contributed by atoms with E-state index in [0.717, 1.165) is 0 Å². The Morgan fingerprint density at radius 2 is 1.64 bits per heavy atom. The van der Waals surface area contributed by atoms with E-state index in [9.17, 15) is 0 Å². The molecule has 0 aromatic heterocycles. The molecule has 14 heavy (non-hydrogen) atoms. The van der Waals surface area contributed by atoms with E-state index in [0.29, 0.717) is 12.8 Å². The topological polar surface area (TPSA) is 0 Å². The molecule has 1 unspecified atom stereocenters. The fraction of sp³-hybridized carbons (Fsp3) is 0.714. The minimum absolute atomic E-state index is 0.00872. The van der Waals surface area contributed by atoms with Crippen molar-refractivity contribution in [3.63, 3.8) is 0 Å². The Morgan fingerprint density at radius 1 is 1.14 bits per heavy atom. The van der Waals surface area contributed by atoms with Gasteiger partial charge in [-0.1, -0.05) is 46.4 Å². The zero-order valence-corrected chi connectivity index (χ0v) is 12.1. The summed E-state index contributed by atoms with van der Waals surface area (Å²) in [6, 6.07) is 0. The molecule has 0 N–H and O–H groups in total. The van der Waals surface area contributed by atoms with Crippen LogP contribution in [-0.4, -0.2) is 14.5 Å². The van der Waals surface area contributed by atoms with Crippen molar-refractivity contribution >= 4 is 81.2 Å². The molecule has 0 spiro atoms. The van der Waals surface area contributed by atoms with Crippen molar-refractivity contribution in [1.29, 1.82) is 0 Å². The van der Waals surface area contributed by atoms with Gasteiger partial charge in [-0.2, -0.15) is 0 Å². The van der Waals surface area contributed by atoms with E-state index < -0.39 is 14.5 Å². The van der Waals surface area contributed by atoms with Gasteiger partial charge < -0.3 is 0 Å². The van der Waals surface area contributed by atoms with Crippen LogP contribution in [-0.2, 0) is 0 Å². The van der Waals surface area contributed by atoms with E-state index >= 15 is 0 Å². The summed E-state index contributed by atoms with van der Waals surface area (Å²) in [6.07, 6.45) is 2.15. The van der Waals surface area contributed by atoms with Crippen LogP contribution in [0.2, 0.25) is 0 Å². The lowest BCUT2D eigenvalue weighted by molar-refractivity contribution is 0.700. The Morgan fingerprint density at radius 3 is 2.00 bits per heavy atom. The summed E-state index contributed by atoms with van der Waals surface area (Å²) >= 11 is 39.4. The summed E-state index contributed by atoms with van der Waals surface area (Å²) in [7, 11) is 0. The van der Waals surface area contributed by atoms with Gasteiger partial charge in [0.05, 0.1) is 5.38 Å². The zero-order chi connectivity index (χ0) is 11.4. The molecule has 0 aromatic rings. The first-order chi connectivity index (χ1) is 6.24.